The van der Waals surface area contributed by atoms with E-state index < -0.39 is 0 Å². The van der Waals surface area contributed by atoms with Crippen LogP contribution in [-0.2, 0) is 6.54 Å². The van der Waals surface area contributed by atoms with E-state index in [2.05, 4.69) is 24.0 Å². The lowest BCUT2D eigenvalue weighted by molar-refractivity contribution is 0.0572. The first kappa shape index (κ1) is 18.1. The molecule has 150 valence electrons. The molecule has 29 heavy (non-hydrogen) atoms. The predicted molar refractivity (Wildman–Crippen MR) is 109 cm³/mol. The molecule has 7 heteroatoms. The van der Waals surface area contributed by atoms with Crippen LogP contribution >= 0.6 is 0 Å². The van der Waals surface area contributed by atoms with Gasteiger partial charge in [0.25, 0.3) is 5.91 Å². The van der Waals surface area contributed by atoms with Crippen LogP contribution in [0.2, 0.25) is 0 Å². The number of nitrogens with zero attached hydrogens (tertiary/aromatic N) is 5. The Morgan fingerprint density at radius 1 is 1.21 bits per heavy atom. The Labute approximate surface area is 170 Å². The molecule has 1 saturated carbocycles. The quantitative estimate of drug-likeness (QED) is 0.719. The fraction of sp³-hybridized carbons (Fsp3) is 0.455. The zero-order valence-corrected chi connectivity index (χ0v) is 16.9. The van der Waals surface area contributed by atoms with Crippen molar-refractivity contribution in [2.24, 2.45) is 5.92 Å². The molecule has 0 spiro atoms. The van der Waals surface area contributed by atoms with Crippen LogP contribution in [0.25, 0.3) is 11.3 Å². The molecule has 7 nitrogen and oxygen atoms in total. The van der Waals surface area contributed by atoms with Crippen LogP contribution in [0.4, 0.5) is 0 Å². The average Bonchev–Trinajstić information content (AvgIpc) is 3.28. The standard InChI is InChI=1S/C22H26N6O/c1-14(2)12-19-21-23-20(16-8-9-16)26-28(21)11-10-27(19)22(29)18-13-17(24-25-18)15-6-4-3-5-7-15/h3-7,13-14,16,19H,8-12H2,1-2H3,(H,24,25)/t19-/m0/s1. The number of benzene rings is 1. The first-order valence-electron chi connectivity index (χ1n) is 10.5. The molecule has 0 unspecified atom stereocenters. The molecule has 1 aliphatic heterocycles. The van der Waals surface area contributed by atoms with Gasteiger partial charge >= 0.3 is 0 Å². The van der Waals surface area contributed by atoms with Gasteiger partial charge in [-0.1, -0.05) is 44.2 Å². The maximum absolute atomic E-state index is 13.4. The molecule has 5 rings (SSSR count). The Morgan fingerprint density at radius 3 is 2.72 bits per heavy atom. The lowest BCUT2D eigenvalue weighted by atomic mass is 10.00. The molecule has 1 amide bonds. The van der Waals surface area contributed by atoms with Gasteiger partial charge in [-0.15, -0.1) is 0 Å². The number of hydrogen-bond donors (Lipinski definition) is 1. The number of nitrogens with one attached hydrogen (secondary N) is 1. The van der Waals surface area contributed by atoms with E-state index in [1.54, 1.807) is 0 Å². The van der Waals surface area contributed by atoms with Gasteiger partial charge in [-0.25, -0.2) is 9.67 Å². The van der Waals surface area contributed by atoms with Gasteiger partial charge in [0.15, 0.2) is 5.82 Å². The second kappa shape index (κ2) is 7.13. The summed E-state index contributed by atoms with van der Waals surface area (Å²) in [5.41, 5.74) is 2.30. The van der Waals surface area contributed by atoms with Crippen LogP contribution in [0, 0.1) is 5.92 Å². The summed E-state index contributed by atoms with van der Waals surface area (Å²) in [6, 6.07) is 11.7. The molecule has 1 atom stereocenters. The normalized spacial score (nSPS) is 18.9. The monoisotopic (exact) mass is 390 g/mol. The lowest BCUT2D eigenvalue weighted by Crippen LogP contribution is -2.43. The van der Waals surface area contributed by atoms with Crippen molar-refractivity contribution < 1.29 is 4.79 Å². The fourth-order valence-electron chi connectivity index (χ4n) is 4.06. The highest BCUT2D eigenvalue weighted by Crippen LogP contribution is 2.40. The minimum absolute atomic E-state index is 0.0208. The van der Waals surface area contributed by atoms with Crippen molar-refractivity contribution in [1.82, 2.24) is 29.9 Å². The van der Waals surface area contributed by atoms with E-state index in [9.17, 15) is 4.79 Å². The summed E-state index contributed by atoms with van der Waals surface area (Å²) < 4.78 is 2.02. The molecular weight excluding hydrogens is 364 g/mol. The van der Waals surface area contributed by atoms with Crippen LogP contribution in [-0.4, -0.2) is 42.3 Å². The van der Waals surface area contributed by atoms with Crippen LogP contribution in [0.15, 0.2) is 36.4 Å². The van der Waals surface area contributed by atoms with Gasteiger partial charge < -0.3 is 4.90 Å². The highest BCUT2D eigenvalue weighted by molar-refractivity contribution is 5.93. The number of amides is 1. The summed E-state index contributed by atoms with van der Waals surface area (Å²) in [4.78, 5) is 20.2. The molecule has 2 aliphatic rings. The third-order valence-electron chi connectivity index (χ3n) is 5.72. The molecule has 0 radical (unpaired) electrons. The fourth-order valence-corrected chi connectivity index (χ4v) is 4.06. The minimum Gasteiger partial charge on any atom is -0.325 e. The zero-order chi connectivity index (χ0) is 20.0. The molecule has 1 N–H and O–H groups in total. The molecule has 1 aromatic carbocycles. The number of aromatic amines is 1. The molecule has 0 saturated heterocycles. The van der Waals surface area contributed by atoms with Crippen molar-refractivity contribution in [2.45, 2.75) is 51.6 Å². The summed E-state index contributed by atoms with van der Waals surface area (Å²) in [6.07, 6.45) is 3.23. The van der Waals surface area contributed by atoms with Crippen LogP contribution in [0.1, 0.15) is 67.2 Å². The van der Waals surface area contributed by atoms with E-state index >= 15 is 0 Å². The summed E-state index contributed by atoms with van der Waals surface area (Å²) >= 11 is 0. The van der Waals surface area contributed by atoms with E-state index in [1.165, 1.54) is 12.8 Å². The Balaban J connectivity index is 1.44. The number of fused-ring (bicyclic) bond motifs is 1. The van der Waals surface area contributed by atoms with Gasteiger partial charge in [0.1, 0.15) is 11.5 Å². The second-order valence-electron chi connectivity index (χ2n) is 8.50. The maximum Gasteiger partial charge on any atom is 0.272 e. The zero-order valence-electron chi connectivity index (χ0n) is 16.9. The van der Waals surface area contributed by atoms with Gasteiger partial charge in [0.05, 0.1) is 18.3 Å². The van der Waals surface area contributed by atoms with E-state index in [4.69, 9.17) is 10.1 Å². The van der Waals surface area contributed by atoms with Crippen LogP contribution < -0.4 is 0 Å². The molecule has 3 aromatic rings. The van der Waals surface area contributed by atoms with Gasteiger partial charge in [0.2, 0.25) is 0 Å². The SMILES string of the molecule is CC(C)C[C@H]1c2nc(C3CC3)nn2CCN1C(=O)c1cc(-c2ccccc2)n[nH]1. The van der Waals surface area contributed by atoms with Gasteiger partial charge in [-0.3, -0.25) is 9.89 Å². The predicted octanol–water partition coefficient (Wildman–Crippen LogP) is 3.79. The number of carbonyl (C=O) groups excluding carboxylic acids is 1. The average molecular weight is 390 g/mol. The Kier molecular flexibility index (Phi) is 4.45. The van der Waals surface area contributed by atoms with E-state index in [-0.39, 0.29) is 11.9 Å². The largest absolute Gasteiger partial charge is 0.325 e. The molecule has 0 bridgehead atoms. The molecule has 1 fully saturated rings. The van der Waals surface area contributed by atoms with Gasteiger partial charge in [-0.2, -0.15) is 10.2 Å². The van der Waals surface area contributed by atoms with Gasteiger partial charge in [-0.05, 0) is 31.2 Å². The van der Waals surface area contributed by atoms with E-state index in [0.717, 1.165) is 29.3 Å². The van der Waals surface area contributed by atoms with Crippen molar-refractivity contribution in [1.29, 1.82) is 0 Å². The van der Waals surface area contributed by atoms with Crippen LogP contribution in [0.3, 0.4) is 0 Å². The first-order valence-corrected chi connectivity index (χ1v) is 10.5. The second-order valence-corrected chi connectivity index (χ2v) is 8.50. The van der Waals surface area contributed by atoms with Crippen molar-refractivity contribution in [3.8, 4) is 11.3 Å². The Bertz CT molecular complexity index is 1020. The number of carbonyl (C=O) groups is 1. The Morgan fingerprint density at radius 2 is 2.00 bits per heavy atom. The number of hydrogen-bond acceptors (Lipinski definition) is 4. The first-order chi connectivity index (χ1) is 14.1. The molecular formula is C22H26N6O. The number of H-pyrrole nitrogens is 1. The third-order valence-corrected chi connectivity index (χ3v) is 5.72. The summed E-state index contributed by atoms with van der Waals surface area (Å²) in [7, 11) is 0. The van der Waals surface area contributed by atoms with E-state index in [0.29, 0.717) is 30.6 Å². The maximum atomic E-state index is 13.4. The van der Waals surface area contributed by atoms with Crippen molar-refractivity contribution in [2.75, 3.05) is 6.54 Å². The molecule has 1 aliphatic carbocycles. The summed E-state index contributed by atoms with van der Waals surface area (Å²) in [6.45, 7) is 5.69. The van der Waals surface area contributed by atoms with Crippen LogP contribution in [0.5, 0.6) is 0 Å². The Hall–Kier alpha value is -2.96. The highest BCUT2D eigenvalue weighted by atomic mass is 16.2. The van der Waals surface area contributed by atoms with Gasteiger partial charge in [0, 0.05) is 18.0 Å². The third kappa shape index (κ3) is 3.45. The smallest absolute Gasteiger partial charge is 0.272 e. The molecule has 3 heterocycles. The highest BCUT2D eigenvalue weighted by Gasteiger charge is 2.37. The number of rotatable bonds is 5. The molecule has 2 aromatic heterocycles. The summed E-state index contributed by atoms with van der Waals surface area (Å²) in [5.74, 6) is 2.83. The number of aromatic nitrogens is 5. The van der Waals surface area contributed by atoms with Crippen molar-refractivity contribution >= 4 is 5.91 Å². The van der Waals surface area contributed by atoms with Crippen molar-refractivity contribution in [3.05, 3.63) is 53.7 Å². The topological polar surface area (TPSA) is 79.7 Å². The van der Waals surface area contributed by atoms with Crippen molar-refractivity contribution in [3.63, 3.8) is 0 Å². The summed E-state index contributed by atoms with van der Waals surface area (Å²) in [5, 5.41) is 12.0. The van der Waals surface area contributed by atoms with E-state index in [1.807, 2.05) is 46.0 Å². The minimum atomic E-state index is -0.0558. The lowest BCUT2D eigenvalue weighted by Gasteiger charge is -2.35.